The van der Waals surface area contributed by atoms with Crippen LogP contribution in [0.3, 0.4) is 0 Å². The molecule has 5 heteroatoms. The molecular weight excluding hydrogens is 264 g/mol. The Morgan fingerprint density at radius 1 is 1.24 bits per heavy atom. The van der Waals surface area contributed by atoms with Crippen LogP contribution < -0.4 is 4.74 Å². The maximum atomic E-state index is 8.83. The van der Waals surface area contributed by atoms with Gasteiger partial charge in [-0.2, -0.15) is 5.26 Å². The van der Waals surface area contributed by atoms with Gasteiger partial charge in [0.05, 0.1) is 12.2 Å². The zero-order valence-electron chi connectivity index (χ0n) is 12.9. The Morgan fingerprint density at radius 3 is 2.43 bits per heavy atom. The predicted molar refractivity (Wildman–Crippen MR) is 80.1 cm³/mol. The van der Waals surface area contributed by atoms with Gasteiger partial charge in [-0.3, -0.25) is 0 Å². The molecule has 0 radical (unpaired) electrons. The molecule has 0 spiro atoms. The van der Waals surface area contributed by atoms with Crippen LogP contribution in [0.15, 0.2) is 24.3 Å². The number of ether oxygens (including phenoxy) is 1. The summed E-state index contributed by atoms with van der Waals surface area (Å²) in [6.45, 7) is 9.44. The average molecular weight is 284 g/mol. The van der Waals surface area contributed by atoms with Crippen LogP contribution in [0.1, 0.15) is 37.7 Å². The molecular formula is C16H20N4O. The third-order valence-electron chi connectivity index (χ3n) is 3.38. The van der Waals surface area contributed by atoms with Gasteiger partial charge in [-0.15, -0.1) is 5.10 Å². The first-order valence-electron chi connectivity index (χ1n) is 6.95. The molecule has 2 rings (SSSR count). The van der Waals surface area contributed by atoms with E-state index in [-0.39, 0.29) is 5.41 Å². The van der Waals surface area contributed by atoms with E-state index in [2.05, 4.69) is 43.2 Å². The Hall–Kier alpha value is -2.35. The van der Waals surface area contributed by atoms with Crippen molar-refractivity contribution in [2.75, 3.05) is 6.61 Å². The van der Waals surface area contributed by atoms with Gasteiger partial charge < -0.3 is 4.74 Å². The molecule has 0 atom stereocenters. The quantitative estimate of drug-likeness (QED) is 0.866. The van der Waals surface area contributed by atoms with Crippen molar-refractivity contribution in [3.63, 3.8) is 0 Å². The van der Waals surface area contributed by atoms with Gasteiger partial charge in [-0.05, 0) is 30.0 Å². The highest BCUT2D eigenvalue weighted by atomic mass is 16.5. The fourth-order valence-electron chi connectivity index (χ4n) is 1.98. The summed E-state index contributed by atoms with van der Waals surface area (Å²) in [7, 11) is 0. The Morgan fingerprint density at radius 2 is 1.90 bits per heavy atom. The van der Waals surface area contributed by atoms with Crippen LogP contribution in [0.4, 0.5) is 0 Å². The van der Waals surface area contributed by atoms with Crippen LogP contribution in [-0.2, 0) is 12.0 Å². The first kappa shape index (κ1) is 15.0. The molecule has 0 aliphatic carbocycles. The van der Waals surface area contributed by atoms with Crippen molar-refractivity contribution in [2.45, 2.75) is 39.7 Å². The second kappa shape index (κ2) is 5.96. The highest BCUT2D eigenvalue weighted by Crippen LogP contribution is 2.24. The largest absolute Gasteiger partial charge is 0.492 e. The van der Waals surface area contributed by atoms with Gasteiger partial charge >= 0.3 is 0 Å². The van der Waals surface area contributed by atoms with Crippen molar-refractivity contribution in [2.24, 2.45) is 0 Å². The number of aromatic nitrogens is 3. The lowest BCUT2D eigenvalue weighted by molar-refractivity contribution is 0.288. The molecule has 0 aliphatic rings. The monoisotopic (exact) mass is 284 g/mol. The molecule has 0 N–H and O–H groups in total. The molecule has 1 heterocycles. The third-order valence-corrected chi connectivity index (χ3v) is 3.38. The van der Waals surface area contributed by atoms with E-state index in [1.165, 1.54) is 5.56 Å². The lowest BCUT2D eigenvalue weighted by Crippen LogP contribution is -2.12. The van der Waals surface area contributed by atoms with Crippen LogP contribution in [0, 0.1) is 18.3 Å². The molecule has 5 nitrogen and oxygen atoms in total. The van der Waals surface area contributed by atoms with Gasteiger partial charge in [0.15, 0.2) is 5.69 Å². The fourth-order valence-corrected chi connectivity index (χ4v) is 1.98. The molecule has 0 fully saturated rings. The van der Waals surface area contributed by atoms with Gasteiger partial charge in [-0.1, -0.05) is 38.1 Å². The number of hydrogen-bond acceptors (Lipinski definition) is 4. The molecule has 1 aromatic heterocycles. The van der Waals surface area contributed by atoms with Crippen molar-refractivity contribution in [3.8, 4) is 11.8 Å². The van der Waals surface area contributed by atoms with Crippen molar-refractivity contribution in [1.29, 1.82) is 5.26 Å². The SMILES string of the molecule is Cc1c(C#N)nnn1CCOc1ccc(C(C)(C)C)cc1. The van der Waals surface area contributed by atoms with Gasteiger partial charge in [0, 0.05) is 0 Å². The van der Waals surface area contributed by atoms with Crippen LogP contribution in [-0.4, -0.2) is 21.6 Å². The molecule has 110 valence electrons. The summed E-state index contributed by atoms with van der Waals surface area (Å²) in [5, 5.41) is 16.6. The molecule has 1 aromatic carbocycles. The summed E-state index contributed by atoms with van der Waals surface area (Å²) >= 11 is 0. The van der Waals surface area contributed by atoms with Gasteiger partial charge in [0.2, 0.25) is 0 Å². The van der Waals surface area contributed by atoms with Gasteiger partial charge in [0.1, 0.15) is 18.4 Å². The summed E-state index contributed by atoms with van der Waals surface area (Å²) in [6, 6.07) is 10.1. The summed E-state index contributed by atoms with van der Waals surface area (Å²) in [4.78, 5) is 0. The third kappa shape index (κ3) is 3.60. The van der Waals surface area contributed by atoms with E-state index in [4.69, 9.17) is 10.00 Å². The number of hydrogen-bond donors (Lipinski definition) is 0. The van der Waals surface area contributed by atoms with Gasteiger partial charge in [-0.25, -0.2) is 4.68 Å². The van der Waals surface area contributed by atoms with E-state index < -0.39 is 0 Å². The predicted octanol–water partition coefficient (Wildman–Crippen LogP) is 2.83. The maximum absolute atomic E-state index is 8.83. The van der Waals surface area contributed by atoms with Crippen LogP contribution in [0.25, 0.3) is 0 Å². The van der Waals surface area contributed by atoms with Crippen LogP contribution in [0.2, 0.25) is 0 Å². The Kier molecular flexibility index (Phi) is 4.27. The van der Waals surface area contributed by atoms with Crippen molar-refractivity contribution in [3.05, 3.63) is 41.2 Å². The van der Waals surface area contributed by atoms with Crippen LogP contribution >= 0.6 is 0 Å². The van der Waals surface area contributed by atoms with E-state index >= 15 is 0 Å². The summed E-state index contributed by atoms with van der Waals surface area (Å²) in [5.41, 5.74) is 2.55. The molecule has 0 bridgehead atoms. The lowest BCUT2D eigenvalue weighted by atomic mass is 9.87. The minimum atomic E-state index is 0.143. The molecule has 0 saturated heterocycles. The second-order valence-corrected chi connectivity index (χ2v) is 5.98. The molecule has 21 heavy (non-hydrogen) atoms. The van der Waals surface area contributed by atoms with Crippen LogP contribution in [0.5, 0.6) is 5.75 Å². The summed E-state index contributed by atoms with van der Waals surface area (Å²) < 4.78 is 7.39. The maximum Gasteiger partial charge on any atom is 0.185 e. The van der Waals surface area contributed by atoms with Crippen molar-refractivity contribution in [1.82, 2.24) is 15.0 Å². The smallest absolute Gasteiger partial charge is 0.185 e. The van der Waals surface area contributed by atoms with E-state index in [1.54, 1.807) is 4.68 Å². The molecule has 2 aromatic rings. The van der Waals surface area contributed by atoms with E-state index in [1.807, 2.05) is 25.1 Å². The first-order chi connectivity index (χ1) is 9.91. The fraction of sp³-hybridized carbons (Fsp3) is 0.438. The van der Waals surface area contributed by atoms with E-state index in [9.17, 15) is 0 Å². The van der Waals surface area contributed by atoms with Crippen molar-refractivity contribution >= 4 is 0 Å². The summed E-state index contributed by atoms with van der Waals surface area (Å²) in [6.07, 6.45) is 0. The Bertz CT molecular complexity index is 644. The van der Waals surface area contributed by atoms with E-state index in [0.717, 1.165) is 11.4 Å². The zero-order chi connectivity index (χ0) is 15.5. The topological polar surface area (TPSA) is 63.7 Å². The Balaban J connectivity index is 1.92. The first-order valence-corrected chi connectivity index (χ1v) is 6.95. The molecule has 0 unspecified atom stereocenters. The Labute approximate surface area is 125 Å². The summed E-state index contributed by atoms with van der Waals surface area (Å²) in [5.74, 6) is 0.835. The standard InChI is InChI=1S/C16H20N4O/c1-12-15(11-17)18-19-20(12)9-10-21-14-7-5-13(6-8-14)16(2,3)4/h5-8H,9-10H2,1-4H3. The highest BCUT2D eigenvalue weighted by molar-refractivity contribution is 5.31. The molecule has 0 aliphatic heterocycles. The minimum absolute atomic E-state index is 0.143. The normalized spacial score (nSPS) is 11.2. The van der Waals surface area contributed by atoms with E-state index in [0.29, 0.717) is 18.8 Å². The molecule has 0 saturated carbocycles. The lowest BCUT2D eigenvalue weighted by Gasteiger charge is -2.19. The number of benzene rings is 1. The molecule has 0 amide bonds. The number of nitriles is 1. The zero-order valence-corrected chi connectivity index (χ0v) is 12.9. The van der Waals surface area contributed by atoms with Crippen molar-refractivity contribution < 1.29 is 4.74 Å². The van der Waals surface area contributed by atoms with Gasteiger partial charge in [0.25, 0.3) is 0 Å². The second-order valence-electron chi connectivity index (χ2n) is 5.98. The highest BCUT2D eigenvalue weighted by Gasteiger charge is 2.13. The number of rotatable bonds is 4. The average Bonchev–Trinajstić information content (AvgIpc) is 2.79. The minimum Gasteiger partial charge on any atom is -0.492 e. The number of nitrogens with zero attached hydrogens (tertiary/aromatic N) is 4.